The van der Waals surface area contributed by atoms with E-state index in [2.05, 4.69) is 4.72 Å². The first-order valence-electron chi connectivity index (χ1n) is 7.75. The molecule has 1 atom stereocenters. The smallest absolute Gasteiger partial charge is 0.211 e. The monoisotopic (exact) mass is 289 g/mol. The first-order valence-corrected chi connectivity index (χ1v) is 9.40. The fourth-order valence-corrected chi connectivity index (χ4v) is 4.67. The van der Waals surface area contributed by atoms with Crippen molar-refractivity contribution in [3.05, 3.63) is 0 Å². The standard InChI is InChI=1S/C14H27NO3S/c16-19(17,12-13-6-1-2-7-13)15-10-4-3-8-14-9-5-11-18-14/h13-15H,1-12H2. The Hall–Kier alpha value is -0.130. The number of sulfonamides is 1. The third-order valence-electron chi connectivity index (χ3n) is 4.23. The summed E-state index contributed by atoms with van der Waals surface area (Å²) >= 11 is 0. The van der Waals surface area contributed by atoms with Gasteiger partial charge in [0.1, 0.15) is 0 Å². The van der Waals surface area contributed by atoms with E-state index in [1.54, 1.807) is 0 Å². The van der Waals surface area contributed by atoms with Crippen molar-refractivity contribution in [1.29, 1.82) is 0 Å². The van der Waals surface area contributed by atoms with E-state index in [0.29, 0.717) is 24.3 Å². The summed E-state index contributed by atoms with van der Waals surface area (Å²) in [5.74, 6) is 0.725. The Morgan fingerprint density at radius 3 is 2.53 bits per heavy atom. The molecule has 19 heavy (non-hydrogen) atoms. The van der Waals surface area contributed by atoms with Gasteiger partial charge in [0, 0.05) is 13.2 Å². The molecule has 0 spiro atoms. The van der Waals surface area contributed by atoms with E-state index in [9.17, 15) is 8.42 Å². The molecule has 1 N–H and O–H groups in total. The Kier molecular flexibility index (Phi) is 6.10. The van der Waals surface area contributed by atoms with Crippen molar-refractivity contribution in [1.82, 2.24) is 4.72 Å². The van der Waals surface area contributed by atoms with Crippen LogP contribution in [-0.4, -0.2) is 33.4 Å². The molecule has 2 aliphatic rings. The van der Waals surface area contributed by atoms with Crippen molar-refractivity contribution in [2.24, 2.45) is 5.92 Å². The van der Waals surface area contributed by atoms with Crippen molar-refractivity contribution in [2.75, 3.05) is 18.9 Å². The van der Waals surface area contributed by atoms with Gasteiger partial charge in [-0.05, 0) is 50.9 Å². The van der Waals surface area contributed by atoms with Crippen LogP contribution in [0.25, 0.3) is 0 Å². The molecular formula is C14H27NO3S. The third-order valence-corrected chi connectivity index (χ3v) is 5.78. The minimum Gasteiger partial charge on any atom is -0.378 e. The number of hydrogen-bond acceptors (Lipinski definition) is 3. The zero-order chi connectivity index (χ0) is 13.6. The van der Waals surface area contributed by atoms with Crippen LogP contribution in [0, 0.1) is 5.92 Å². The van der Waals surface area contributed by atoms with Gasteiger partial charge in [0.25, 0.3) is 0 Å². The summed E-state index contributed by atoms with van der Waals surface area (Å²) in [5.41, 5.74) is 0. The minimum absolute atomic E-state index is 0.332. The minimum atomic E-state index is -3.05. The average Bonchev–Trinajstić information content (AvgIpc) is 3.00. The summed E-state index contributed by atoms with van der Waals surface area (Å²) in [6.45, 7) is 1.49. The van der Waals surface area contributed by atoms with Crippen molar-refractivity contribution in [3.8, 4) is 0 Å². The van der Waals surface area contributed by atoms with E-state index >= 15 is 0 Å². The lowest BCUT2D eigenvalue weighted by molar-refractivity contribution is 0.102. The van der Waals surface area contributed by atoms with E-state index in [1.165, 1.54) is 25.7 Å². The van der Waals surface area contributed by atoms with Crippen LogP contribution >= 0.6 is 0 Å². The Balaban J connectivity index is 1.53. The van der Waals surface area contributed by atoms with Crippen molar-refractivity contribution >= 4 is 10.0 Å². The maximum Gasteiger partial charge on any atom is 0.211 e. The SMILES string of the molecule is O=S(=O)(CC1CCCC1)NCCCCC1CCCO1. The third kappa shape index (κ3) is 5.79. The van der Waals surface area contributed by atoms with Gasteiger partial charge in [0.05, 0.1) is 11.9 Å². The topological polar surface area (TPSA) is 55.4 Å². The second kappa shape index (κ2) is 7.60. The fourth-order valence-electron chi connectivity index (χ4n) is 3.14. The summed E-state index contributed by atoms with van der Waals surface area (Å²) in [6.07, 6.45) is 10.4. The van der Waals surface area contributed by atoms with Gasteiger partial charge < -0.3 is 4.74 Å². The van der Waals surface area contributed by atoms with Gasteiger partial charge in [-0.3, -0.25) is 0 Å². The molecular weight excluding hydrogens is 262 g/mol. The molecule has 4 nitrogen and oxygen atoms in total. The predicted molar refractivity (Wildman–Crippen MR) is 76.6 cm³/mol. The number of nitrogens with one attached hydrogen (secondary N) is 1. The van der Waals surface area contributed by atoms with Crippen LogP contribution in [0.2, 0.25) is 0 Å². The van der Waals surface area contributed by atoms with Gasteiger partial charge >= 0.3 is 0 Å². The van der Waals surface area contributed by atoms with Crippen molar-refractivity contribution in [3.63, 3.8) is 0 Å². The molecule has 112 valence electrons. The number of ether oxygens (including phenoxy) is 1. The lowest BCUT2D eigenvalue weighted by Gasteiger charge is -2.12. The van der Waals surface area contributed by atoms with E-state index in [-0.39, 0.29) is 0 Å². The lowest BCUT2D eigenvalue weighted by Crippen LogP contribution is -2.30. The van der Waals surface area contributed by atoms with Crippen molar-refractivity contribution < 1.29 is 13.2 Å². The fraction of sp³-hybridized carbons (Fsp3) is 1.00. The van der Waals surface area contributed by atoms with Gasteiger partial charge in [-0.1, -0.05) is 12.8 Å². The molecule has 1 saturated heterocycles. The molecule has 5 heteroatoms. The molecule has 0 bridgehead atoms. The zero-order valence-corrected chi connectivity index (χ0v) is 12.6. The van der Waals surface area contributed by atoms with E-state index in [4.69, 9.17) is 4.74 Å². The highest BCUT2D eigenvalue weighted by molar-refractivity contribution is 7.89. The highest BCUT2D eigenvalue weighted by Gasteiger charge is 2.22. The molecule has 1 unspecified atom stereocenters. The van der Waals surface area contributed by atoms with Gasteiger partial charge in [-0.25, -0.2) is 13.1 Å². The molecule has 0 aromatic rings. The van der Waals surface area contributed by atoms with Crippen LogP contribution in [-0.2, 0) is 14.8 Å². The molecule has 2 rings (SSSR count). The normalized spacial score (nSPS) is 25.2. The molecule has 1 aliphatic heterocycles. The molecule has 1 saturated carbocycles. The van der Waals surface area contributed by atoms with E-state index in [1.807, 2.05) is 0 Å². The zero-order valence-electron chi connectivity index (χ0n) is 11.8. The quantitative estimate of drug-likeness (QED) is 0.698. The first-order chi connectivity index (χ1) is 9.16. The average molecular weight is 289 g/mol. The number of rotatable bonds is 8. The van der Waals surface area contributed by atoms with Crippen LogP contribution in [0.4, 0.5) is 0 Å². The van der Waals surface area contributed by atoms with Gasteiger partial charge in [0.2, 0.25) is 10.0 Å². The summed E-state index contributed by atoms with van der Waals surface area (Å²) in [5, 5.41) is 0. The molecule has 0 amide bonds. The lowest BCUT2D eigenvalue weighted by atomic mass is 10.1. The van der Waals surface area contributed by atoms with Crippen LogP contribution < -0.4 is 4.72 Å². The summed E-state index contributed by atoms with van der Waals surface area (Å²) in [4.78, 5) is 0. The van der Waals surface area contributed by atoms with Gasteiger partial charge in [0.15, 0.2) is 0 Å². The Bertz CT molecular complexity index is 344. The molecule has 0 radical (unpaired) electrons. The van der Waals surface area contributed by atoms with Crippen LogP contribution in [0.1, 0.15) is 57.8 Å². The maximum absolute atomic E-state index is 11.9. The second-order valence-corrected chi connectivity index (χ2v) is 7.81. The van der Waals surface area contributed by atoms with Gasteiger partial charge in [-0.2, -0.15) is 0 Å². The number of unbranched alkanes of at least 4 members (excludes halogenated alkanes) is 1. The molecule has 0 aromatic carbocycles. The van der Waals surface area contributed by atoms with Crippen molar-refractivity contribution in [2.45, 2.75) is 63.9 Å². The summed E-state index contributed by atoms with van der Waals surface area (Å²) in [6, 6.07) is 0. The maximum atomic E-state index is 11.9. The summed E-state index contributed by atoms with van der Waals surface area (Å²) < 4.78 is 32.0. The molecule has 1 heterocycles. The Morgan fingerprint density at radius 2 is 1.84 bits per heavy atom. The second-order valence-electron chi connectivity index (χ2n) is 5.96. The van der Waals surface area contributed by atoms with E-state index in [0.717, 1.165) is 38.7 Å². The highest BCUT2D eigenvalue weighted by Crippen LogP contribution is 2.25. The highest BCUT2D eigenvalue weighted by atomic mass is 32.2. The largest absolute Gasteiger partial charge is 0.378 e. The Morgan fingerprint density at radius 1 is 1.05 bits per heavy atom. The van der Waals surface area contributed by atoms with Crippen LogP contribution in [0.15, 0.2) is 0 Å². The molecule has 1 aliphatic carbocycles. The Labute approximate surface area is 117 Å². The van der Waals surface area contributed by atoms with Crippen LogP contribution in [0.5, 0.6) is 0 Å². The van der Waals surface area contributed by atoms with E-state index < -0.39 is 10.0 Å². The first kappa shape index (κ1) is 15.3. The van der Waals surface area contributed by atoms with Gasteiger partial charge in [-0.15, -0.1) is 0 Å². The molecule has 0 aromatic heterocycles. The van der Waals surface area contributed by atoms with Crippen LogP contribution in [0.3, 0.4) is 0 Å². The predicted octanol–water partition coefficient (Wildman–Crippen LogP) is 2.45. The molecule has 2 fully saturated rings. The summed E-state index contributed by atoms with van der Waals surface area (Å²) in [7, 11) is -3.05. The number of hydrogen-bond donors (Lipinski definition) is 1.